The molecule has 0 saturated carbocycles. The number of rotatable bonds is 4. The van der Waals surface area contributed by atoms with Gasteiger partial charge >= 0.3 is 17.6 Å². The molecule has 7 heteroatoms. The van der Waals surface area contributed by atoms with Gasteiger partial charge in [-0.25, -0.2) is 9.59 Å². The third kappa shape index (κ3) is 3.97. The summed E-state index contributed by atoms with van der Waals surface area (Å²) in [6, 6.07) is 6.41. The molecule has 0 aliphatic carbocycles. The van der Waals surface area contributed by atoms with Crippen molar-refractivity contribution >= 4 is 22.9 Å². The average molecular weight is 414 g/mol. The van der Waals surface area contributed by atoms with Gasteiger partial charge in [0.2, 0.25) is 0 Å². The number of allylic oxidation sites excluding steroid dienone is 1. The molecule has 1 aliphatic heterocycles. The summed E-state index contributed by atoms with van der Waals surface area (Å²) in [5.74, 6) is -1.02. The number of carbonyl (C=O) groups is 2. The minimum absolute atomic E-state index is 0.237. The van der Waals surface area contributed by atoms with Crippen molar-refractivity contribution in [2.24, 2.45) is 5.92 Å². The first-order valence-electron chi connectivity index (χ1n) is 9.85. The first-order valence-corrected chi connectivity index (χ1v) is 9.85. The summed E-state index contributed by atoms with van der Waals surface area (Å²) in [7, 11) is 0. The second-order valence-corrected chi connectivity index (χ2v) is 8.17. The second kappa shape index (κ2) is 7.97. The van der Waals surface area contributed by atoms with Crippen molar-refractivity contribution in [1.29, 1.82) is 0 Å². The van der Waals surface area contributed by atoms with Crippen LogP contribution in [0.2, 0.25) is 0 Å². The molecule has 2 heterocycles. The fraction of sp³-hybridized carbons (Fsp3) is 0.435. The Hall–Kier alpha value is -3.09. The van der Waals surface area contributed by atoms with Crippen molar-refractivity contribution in [3.05, 3.63) is 51.9 Å². The lowest BCUT2D eigenvalue weighted by Gasteiger charge is -2.43. The molecule has 0 N–H and O–H groups in total. The van der Waals surface area contributed by atoms with Crippen LogP contribution in [-0.2, 0) is 19.1 Å². The third-order valence-electron chi connectivity index (χ3n) is 5.11. The van der Waals surface area contributed by atoms with Crippen LogP contribution in [0.25, 0.3) is 11.0 Å². The standard InChI is InChI=1S/C23H26O7/c1-7-13(4)22(26)29-20-19(28-21(25)12(2)3)17-15(30-23(20,5)6)10-8-14-9-11-16(24)27-18(14)17/h7-12,19-20H,1-6H3/b13-7+/t19-,20-/m1/s1. The summed E-state index contributed by atoms with van der Waals surface area (Å²) in [4.78, 5) is 37.0. The number of fused-ring (bicyclic) bond motifs is 3. The predicted octanol–water partition coefficient (Wildman–Crippen LogP) is 4.08. The van der Waals surface area contributed by atoms with Gasteiger partial charge < -0.3 is 18.6 Å². The first kappa shape index (κ1) is 21.6. The highest BCUT2D eigenvalue weighted by Gasteiger charge is 2.50. The number of hydrogen-bond acceptors (Lipinski definition) is 7. The Balaban J connectivity index is 2.22. The topological polar surface area (TPSA) is 92.0 Å². The molecular weight excluding hydrogens is 388 g/mol. The molecule has 0 unspecified atom stereocenters. The van der Waals surface area contributed by atoms with Crippen molar-refractivity contribution in [2.45, 2.75) is 59.4 Å². The maximum atomic E-state index is 12.6. The lowest BCUT2D eigenvalue weighted by molar-refractivity contribution is -0.189. The molecule has 30 heavy (non-hydrogen) atoms. The van der Waals surface area contributed by atoms with E-state index in [1.807, 2.05) is 0 Å². The van der Waals surface area contributed by atoms with Gasteiger partial charge in [-0.3, -0.25) is 4.79 Å². The van der Waals surface area contributed by atoms with Crippen molar-refractivity contribution in [2.75, 3.05) is 0 Å². The molecule has 0 amide bonds. The van der Waals surface area contributed by atoms with E-state index in [4.69, 9.17) is 18.6 Å². The van der Waals surface area contributed by atoms with Gasteiger partial charge in [-0.2, -0.15) is 0 Å². The SMILES string of the molecule is C/C=C(\C)C(=O)O[C@@H]1[C@H](OC(=O)C(C)C)c2c(ccc3ccc(=O)oc23)OC1(C)C. The van der Waals surface area contributed by atoms with Gasteiger partial charge in [-0.15, -0.1) is 0 Å². The Morgan fingerprint density at radius 2 is 1.80 bits per heavy atom. The van der Waals surface area contributed by atoms with Crippen molar-refractivity contribution < 1.29 is 28.2 Å². The van der Waals surface area contributed by atoms with Gasteiger partial charge in [0.15, 0.2) is 12.2 Å². The minimum Gasteiger partial charge on any atom is -0.483 e. The molecule has 1 aliphatic rings. The summed E-state index contributed by atoms with van der Waals surface area (Å²) in [6.45, 7) is 10.3. The molecular formula is C23H26O7. The zero-order valence-electron chi connectivity index (χ0n) is 18.0. The highest BCUT2D eigenvalue weighted by Crippen LogP contribution is 2.46. The largest absolute Gasteiger partial charge is 0.483 e. The Labute approximate surface area is 174 Å². The van der Waals surface area contributed by atoms with Crippen LogP contribution in [0.1, 0.15) is 53.2 Å². The van der Waals surface area contributed by atoms with Crippen LogP contribution in [-0.4, -0.2) is 23.6 Å². The molecule has 2 atom stereocenters. The van der Waals surface area contributed by atoms with Crippen LogP contribution in [0, 0.1) is 5.92 Å². The third-order valence-corrected chi connectivity index (χ3v) is 5.11. The minimum atomic E-state index is -1.01. The number of carbonyl (C=O) groups excluding carboxylic acids is 2. The quantitative estimate of drug-likeness (QED) is 0.423. The monoisotopic (exact) mass is 414 g/mol. The van der Waals surface area contributed by atoms with E-state index in [9.17, 15) is 14.4 Å². The summed E-state index contributed by atoms with van der Waals surface area (Å²) >= 11 is 0. The number of ether oxygens (including phenoxy) is 3. The molecule has 1 aromatic carbocycles. The van der Waals surface area contributed by atoms with E-state index in [-0.39, 0.29) is 5.58 Å². The Bertz CT molecular complexity index is 1070. The zero-order chi connectivity index (χ0) is 22.2. The van der Waals surface area contributed by atoms with Crippen molar-refractivity contribution in [3.8, 4) is 5.75 Å². The predicted molar refractivity (Wildman–Crippen MR) is 110 cm³/mol. The number of esters is 2. The van der Waals surface area contributed by atoms with E-state index in [1.54, 1.807) is 65.8 Å². The van der Waals surface area contributed by atoms with E-state index in [0.717, 1.165) is 0 Å². The lowest BCUT2D eigenvalue weighted by atomic mass is 9.87. The fourth-order valence-corrected chi connectivity index (χ4v) is 3.26. The van der Waals surface area contributed by atoms with Gasteiger partial charge in [-0.05, 0) is 45.9 Å². The normalized spacial score (nSPS) is 20.4. The Morgan fingerprint density at radius 3 is 2.43 bits per heavy atom. The Kier molecular flexibility index (Phi) is 5.74. The molecule has 3 rings (SSSR count). The van der Waals surface area contributed by atoms with Crippen LogP contribution in [0.5, 0.6) is 5.75 Å². The zero-order valence-corrected chi connectivity index (χ0v) is 18.0. The maximum Gasteiger partial charge on any atom is 0.336 e. The van der Waals surface area contributed by atoms with Crippen LogP contribution >= 0.6 is 0 Å². The number of hydrogen-bond donors (Lipinski definition) is 0. The smallest absolute Gasteiger partial charge is 0.336 e. The second-order valence-electron chi connectivity index (χ2n) is 8.17. The van der Waals surface area contributed by atoms with Gasteiger partial charge in [-0.1, -0.05) is 19.9 Å². The van der Waals surface area contributed by atoms with Gasteiger partial charge in [0.1, 0.15) is 16.9 Å². The van der Waals surface area contributed by atoms with Gasteiger partial charge in [0.05, 0.1) is 11.5 Å². The van der Waals surface area contributed by atoms with Crippen LogP contribution in [0.4, 0.5) is 0 Å². The first-order chi connectivity index (χ1) is 14.0. The number of benzene rings is 1. The average Bonchev–Trinajstić information content (AvgIpc) is 2.68. The summed E-state index contributed by atoms with van der Waals surface area (Å²) < 4.78 is 23.1. The molecule has 2 aromatic rings. The van der Waals surface area contributed by atoms with Crippen molar-refractivity contribution in [3.63, 3.8) is 0 Å². The van der Waals surface area contributed by atoms with E-state index in [0.29, 0.717) is 22.3 Å². The molecule has 0 radical (unpaired) electrons. The molecule has 0 saturated heterocycles. The van der Waals surface area contributed by atoms with E-state index in [2.05, 4.69) is 0 Å². The Morgan fingerprint density at radius 1 is 1.13 bits per heavy atom. The lowest BCUT2D eigenvalue weighted by Crippen LogP contribution is -2.52. The highest BCUT2D eigenvalue weighted by atomic mass is 16.6. The summed E-state index contributed by atoms with van der Waals surface area (Å²) in [5, 5.41) is 0.636. The van der Waals surface area contributed by atoms with Crippen LogP contribution in [0.15, 0.2) is 45.1 Å². The van der Waals surface area contributed by atoms with Gasteiger partial charge in [0.25, 0.3) is 0 Å². The summed E-state index contributed by atoms with van der Waals surface area (Å²) in [5.41, 5.74) is -0.542. The fourth-order valence-electron chi connectivity index (χ4n) is 3.26. The molecule has 0 spiro atoms. The van der Waals surface area contributed by atoms with E-state index >= 15 is 0 Å². The van der Waals surface area contributed by atoms with E-state index < -0.39 is 41.3 Å². The molecule has 1 aromatic heterocycles. The molecule has 7 nitrogen and oxygen atoms in total. The molecule has 0 bridgehead atoms. The summed E-state index contributed by atoms with van der Waals surface area (Å²) in [6.07, 6.45) is -0.344. The van der Waals surface area contributed by atoms with E-state index in [1.165, 1.54) is 6.07 Å². The van der Waals surface area contributed by atoms with Crippen molar-refractivity contribution in [1.82, 2.24) is 0 Å². The van der Waals surface area contributed by atoms with Gasteiger partial charge in [0, 0.05) is 17.0 Å². The molecule has 160 valence electrons. The highest BCUT2D eigenvalue weighted by molar-refractivity contribution is 5.88. The van der Waals surface area contributed by atoms with Crippen LogP contribution < -0.4 is 10.4 Å². The maximum absolute atomic E-state index is 12.6. The molecule has 0 fully saturated rings. The van der Waals surface area contributed by atoms with Crippen LogP contribution in [0.3, 0.4) is 0 Å².